The molecule has 30 heavy (non-hydrogen) atoms. The lowest BCUT2D eigenvalue weighted by Crippen LogP contribution is -2.53. The zero-order chi connectivity index (χ0) is 21.7. The first-order valence-corrected chi connectivity index (χ1v) is 9.38. The van der Waals surface area contributed by atoms with Crippen molar-refractivity contribution < 1.29 is 18.8 Å². The molecule has 0 radical (unpaired) electrons. The van der Waals surface area contributed by atoms with Crippen LogP contribution in [0.25, 0.3) is 16.1 Å². The zero-order valence-corrected chi connectivity index (χ0v) is 16.3. The summed E-state index contributed by atoms with van der Waals surface area (Å²) in [7, 11) is 0. The molecule has 0 saturated carbocycles. The lowest BCUT2D eigenvalue weighted by Gasteiger charge is -2.32. The van der Waals surface area contributed by atoms with Gasteiger partial charge in [-0.1, -0.05) is 0 Å². The minimum atomic E-state index is -0.839. The molecule has 2 aliphatic rings. The maximum Gasteiger partial charge on any atom is 0.255 e. The molecule has 3 amide bonds. The normalized spacial score (nSPS) is 20.7. The van der Waals surface area contributed by atoms with Crippen LogP contribution in [0.15, 0.2) is 18.2 Å². The number of halogens is 1. The minimum Gasteiger partial charge on any atom is -0.392 e. The van der Waals surface area contributed by atoms with Crippen LogP contribution in [0.4, 0.5) is 15.9 Å². The van der Waals surface area contributed by atoms with E-state index in [4.69, 9.17) is 12.3 Å². The number of piperidine rings is 1. The third-order valence-electron chi connectivity index (χ3n) is 5.62. The smallest absolute Gasteiger partial charge is 0.255 e. The molecule has 152 valence electrons. The molecule has 1 aromatic heterocycles. The highest BCUT2D eigenvalue weighted by Gasteiger charge is 2.44. The second kappa shape index (κ2) is 6.91. The van der Waals surface area contributed by atoms with E-state index in [1.165, 1.54) is 17.0 Å². The van der Waals surface area contributed by atoms with Crippen molar-refractivity contribution in [2.45, 2.75) is 38.8 Å². The molecule has 0 aliphatic carbocycles. The monoisotopic (exact) mass is 407 g/mol. The summed E-state index contributed by atoms with van der Waals surface area (Å²) in [4.78, 5) is 45.5. The van der Waals surface area contributed by atoms with Gasteiger partial charge in [0.05, 0.1) is 18.3 Å². The Morgan fingerprint density at radius 2 is 2.00 bits per heavy atom. The van der Waals surface area contributed by atoms with E-state index in [-0.39, 0.29) is 52.6 Å². The van der Waals surface area contributed by atoms with E-state index < -0.39 is 29.7 Å². The van der Waals surface area contributed by atoms with Gasteiger partial charge in [0.25, 0.3) is 5.91 Å². The predicted octanol–water partition coefficient (Wildman–Crippen LogP) is 2.65. The van der Waals surface area contributed by atoms with Crippen LogP contribution in [0.1, 0.15) is 47.3 Å². The number of fused-ring (bicyclic) bond motifs is 1. The number of hydrogen-bond acceptors (Lipinski definition) is 5. The number of hydrogen-bond donors (Lipinski definition) is 2. The standard InChI is InChI=1S/C21H18FN5O3/c1-9-8-13(25-19(23)18(9)24-3)11-4-5-12-16(17(11)22)10(2)27(21(12)30)14-6-7-15(28)26-20(14)29/h4-5,8,10,14H,6-7H2,1-2H3,(H2,23,25)(H,26,28,29)/t10-,14?/m1/s1. The van der Waals surface area contributed by atoms with Gasteiger partial charge in [-0.15, -0.1) is 0 Å². The number of carbonyl (C=O) groups excluding carboxylic acids is 3. The Morgan fingerprint density at radius 1 is 1.30 bits per heavy atom. The van der Waals surface area contributed by atoms with E-state index in [1.54, 1.807) is 19.9 Å². The number of nitrogens with one attached hydrogen (secondary N) is 1. The van der Waals surface area contributed by atoms with Gasteiger partial charge < -0.3 is 10.6 Å². The maximum atomic E-state index is 15.6. The van der Waals surface area contributed by atoms with Gasteiger partial charge in [0.15, 0.2) is 0 Å². The highest BCUT2D eigenvalue weighted by Crippen LogP contribution is 2.41. The Balaban J connectivity index is 1.77. The molecule has 0 bridgehead atoms. The van der Waals surface area contributed by atoms with Crippen molar-refractivity contribution >= 4 is 29.2 Å². The molecule has 9 heteroatoms. The summed E-state index contributed by atoms with van der Waals surface area (Å²) in [5, 5.41) is 2.24. The Bertz CT molecular complexity index is 1150. The van der Waals surface area contributed by atoms with Gasteiger partial charge in [0.2, 0.25) is 17.5 Å². The number of aryl methyl sites for hydroxylation is 1. The number of aromatic nitrogens is 1. The van der Waals surface area contributed by atoms with Crippen LogP contribution in [0.5, 0.6) is 0 Å². The summed E-state index contributed by atoms with van der Waals surface area (Å²) in [5.41, 5.74) is 7.40. The Kier molecular flexibility index (Phi) is 4.50. The molecule has 2 aromatic rings. The van der Waals surface area contributed by atoms with Crippen molar-refractivity contribution in [2.75, 3.05) is 5.73 Å². The van der Waals surface area contributed by atoms with Crippen LogP contribution in [0, 0.1) is 19.3 Å². The van der Waals surface area contributed by atoms with Crippen LogP contribution >= 0.6 is 0 Å². The molecule has 1 aromatic carbocycles. The number of benzene rings is 1. The Hall–Kier alpha value is -3.80. The highest BCUT2D eigenvalue weighted by molar-refractivity contribution is 6.06. The molecule has 1 fully saturated rings. The van der Waals surface area contributed by atoms with Crippen LogP contribution < -0.4 is 11.1 Å². The fraction of sp³-hybridized carbons (Fsp3) is 0.286. The number of nitrogens with two attached hydrogens (primary N) is 1. The Labute approximate surface area is 171 Å². The summed E-state index contributed by atoms with van der Waals surface area (Å²) in [5.74, 6) is -2.01. The SMILES string of the molecule is [C-]#[N+]c1c(C)cc(-c2ccc3c(c2F)[C@@H](C)N(C2CCC(=O)NC2=O)C3=O)nc1N. The molecule has 8 nitrogen and oxygen atoms in total. The van der Waals surface area contributed by atoms with E-state index >= 15 is 4.39 Å². The van der Waals surface area contributed by atoms with E-state index in [2.05, 4.69) is 15.1 Å². The van der Waals surface area contributed by atoms with E-state index in [0.29, 0.717) is 5.56 Å². The van der Waals surface area contributed by atoms with Crippen molar-refractivity contribution in [1.82, 2.24) is 15.2 Å². The Morgan fingerprint density at radius 3 is 2.63 bits per heavy atom. The number of amides is 3. The maximum absolute atomic E-state index is 15.6. The summed E-state index contributed by atoms with van der Waals surface area (Å²) in [6, 6.07) is 3.00. The molecule has 4 rings (SSSR count). The van der Waals surface area contributed by atoms with Crippen molar-refractivity contribution in [1.29, 1.82) is 0 Å². The predicted molar refractivity (Wildman–Crippen MR) is 106 cm³/mol. The molecule has 2 atom stereocenters. The van der Waals surface area contributed by atoms with Crippen LogP contribution in [0.2, 0.25) is 0 Å². The largest absolute Gasteiger partial charge is 0.392 e. The lowest BCUT2D eigenvalue weighted by atomic mass is 9.98. The molecule has 1 unspecified atom stereocenters. The first kappa shape index (κ1) is 19.5. The fourth-order valence-corrected chi connectivity index (χ4v) is 4.17. The van der Waals surface area contributed by atoms with Crippen LogP contribution in [0.3, 0.4) is 0 Å². The quantitative estimate of drug-likeness (QED) is 0.588. The van der Waals surface area contributed by atoms with Crippen molar-refractivity contribution in [3.8, 4) is 11.3 Å². The third-order valence-corrected chi connectivity index (χ3v) is 5.62. The summed E-state index contributed by atoms with van der Waals surface area (Å²) in [6.45, 7) is 10.5. The first-order valence-electron chi connectivity index (χ1n) is 9.38. The number of carbonyl (C=O) groups is 3. The van der Waals surface area contributed by atoms with E-state index in [9.17, 15) is 14.4 Å². The number of nitrogen functional groups attached to an aromatic ring is 1. The average molecular weight is 407 g/mol. The number of rotatable bonds is 2. The van der Waals surface area contributed by atoms with Gasteiger partial charge in [-0.25, -0.2) is 14.2 Å². The highest BCUT2D eigenvalue weighted by atomic mass is 19.1. The minimum absolute atomic E-state index is 0.00851. The molecular weight excluding hydrogens is 389 g/mol. The van der Waals surface area contributed by atoms with Gasteiger partial charge in [-0.05, 0) is 44.0 Å². The average Bonchev–Trinajstić information content (AvgIpc) is 2.93. The summed E-state index contributed by atoms with van der Waals surface area (Å²) >= 11 is 0. The first-order chi connectivity index (χ1) is 14.2. The van der Waals surface area contributed by atoms with Gasteiger partial charge in [0, 0.05) is 23.1 Å². The number of nitrogens with zero attached hydrogens (tertiary/aromatic N) is 3. The van der Waals surface area contributed by atoms with Crippen molar-refractivity contribution in [3.05, 3.63) is 52.1 Å². The molecular formula is C21H18FN5O3. The van der Waals surface area contributed by atoms with Gasteiger partial charge in [0.1, 0.15) is 17.7 Å². The second-order valence-electron chi connectivity index (χ2n) is 7.41. The third kappa shape index (κ3) is 2.80. The summed E-state index contributed by atoms with van der Waals surface area (Å²) < 4.78 is 15.6. The van der Waals surface area contributed by atoms with Crippen molar-refractivity contribution in [2.24, 2.45) is 0 Å². The molecule has 0 spiro atoms. The van der Waals surface area contributed by atoms with E-state index in [1.807, 2.05) is 0 Å². The van der Waals surface area contributed by atoms with Crippen LogP contribution in [-0.4, -0.2) is 33.6 Å². The van der Waals surface area contributed by atoms with E-state index in [0.717, 1.165) is 0 Å². The zero-order valence-electron chi connectivity index (χ0n) is 16.3. The number of imide groups is 1. The number of anilines is 1. The molecule has 3 N–H and O–H groups in total. The van der Waals surface area contributed by atoms with Gasteiger partial charge in [-0.2, -0.15) is 0 Å². The summed E-state index contributed by atoms with van der Waals surface area (Å²) in [6.07, 6.45) is 0.311. The van der Waals surface area contributed by atoms with Gasteiger partial charge >= 0.3 is 0 Å². The van der Waals surface area contributed by atoms with Gasteiger partial charge in [-0.3, -0.25) is 19.7 Å². The van der Waals surface area contributed by atoms with Crippen molar-refractivity contribution in [3.63, 3.8) is 0 Å². The number of pyridine rings is 1. The topological polar surface area (TPSA) is 110 Å². The molecule has 3 heterocycles. The molecule has 2 aliphatic heterocycles. The molecule has 1 saturated heterocycles. The van der Waals surface area contributed by atoms with Crippen LogP contribution in [-0.2, 0) is 9.59 Å². The fourth-order valence-electron chi connectivity index (χ4n) is 4.17. The second-order valence-corrected chi connectivity index (χ2v) is 7.41. The lowest BCUT2D eigenvalue weighted by molar-refractivity contribution is -0.137.